The summed E-state index contributed by atoms with van der Waals surface area (Å²) in [6, 6.07) is 1.01. The van der Waals surface area contributed by atoms with Gasteiger partial charge >= 0.3 is 0 Å². The van der Waals surface area contributed by atoms with Gasteiger partial charge in [0.15, 0.2) is 5.82 Å². The van der Waals surface area contributed by atoms with Gasteiger partial charge in [-0.2, -0.15) is 0 Å². The zero-order valence-electron chi connectivity index (χ0n) is 10.2. The molecule has 0 radical (unpaired) electrons. The van der Waals surface area contributed by atoms with Crippen molar-refractivity contribution in [1.82, 2.24) is 9.84 Å². The molecule has 0 aromatic heterocycles. The van der Waals surface area contributed by atoms with Gasteiger partial charge in [-0.25, -0.2) is 17.8 Å². The number of morpholine rings is 1. The van der Waals surface area contributed by atoms with Gasteiger partial charge in [0.1, 0.15) is 4.90 Å². The van der Waals surface area contributed by atoms with Gasteiger partial charge in [-0.05, 0) is 22.0 Å². The predicted octanol–water partition coefficient (Wildman–Crippen LogP) is 1.35. The second kappa shape index (κ2) is 6.12. The molecule has 20 heavy (non-hydrogen) atoms. The number of hydrogen-bond donors (Lipinski definition) is 2. The number of rotatable bonds is 3. The summed E-state index contributed by atoms with van der Waals surface area (Å²) >= 11 is 8.81. The number of nitrogen functional groups attached to an aromatic ring is 1. The van der Waals surface area contributed by atoms with Crippen molar-refractivity contribution in [2.45, 2.75) is 4.90 Å². The monoisotopic (exact) mass is 387 g/mol. The van der Waals surface area contributed by atoms with Gasteiger partial charge in [0.05, 0.1) is 28.4 Å². The number of hydrogen-bond acceptors (Lipinski definition) is 5. The lowest BCUT2D eigenvalue weighted by Crippen LogP contribution is -2.48. The fourth-order valence-electron chi connectivity index (χ4n) is 1.67. The van der Waals surface area contributed by atoms with E-state index in [-0.39, 0.29) is 15.2 Å². The molecular weight excluding hydrogens is 377 g/mol. The minimum Gasteiger partial charge on any atom is -0.395 e. The van der Waals surface area contributed by atoms with Crippen molar-refractivity contribution in [2.24, 2.45) is 0 Å². The van der Waals surface area contributed by atoms with Crippen molar-refractivity contribution in [3.05, 3.63) is 21.4 Å². The molecule has 3 N–H and O–H groups in total. The highest BCUT2D eigenvalue weighted by Crippen LogP contribution is 2.34. The lowest BCUT2D eigenvalue weighted by molar-refractivity contribution is 0.0272. The second-order valence-electron chi connectivity index (χ2n) is 4.09. The van der Waals surface area contributed by atoms with E-state index in [9.17, 15) is 12.8 Å². The average molecular weight is 389 g/mol. The molecular formula is C10H12BrClFN3O3S. The van der Waals surface area contributed by atoms with Crippen LogP contribution in [0.2, 0.25) is 5.02 Å². The van der Waals surface area contributed by atoms with Crippen LogP contribution in [0.15, 0.2) is 15.4 Å². The van der Waals surface area contributed by atoms with Crippen LogP contribution in [0.3, 0.4) is 0 Å². The van der Waals surface area contributed by atoms with Crippen LogP contribution in [0.1, 0.15) is 0 Å². The van der Waals surface area contributed by atoms with E-state index in [1.165, 1.54) is 5.01 Å². The highest BCUT2D eigenvalue weighted by atomic mass is 79.9. The summed E-state index contributed by atoms with van der Waals surface area (Å²) in [7, 11) is -4.09. The first-order valence-corrected chi connectivity index (χ1v) is 8.26. The average Bonchev–Trinajstić information content (AvgIpc) is 2.41. The van der Waals surface area contributed by atoms with Crippen molar-refractivity contribution in [3.8, 4) is 0 Å². The van der Waals surface area contributed by atoms with Gasteiger partial charge in [0, 0.05) is 13.1 Å². The maximum absolute atomic E-state index is 14.0. The molecule has 1 fully saturated rings. The lowest BCUT2D eigenvalue weighted by Gasteiger charge is -2.26. The summed E-state index contributed by atoms with van der Waals surface area (Å²) in [5.41, 5.74) is 5.13. The highest BCUT2D eigenvalue weighted by Gasteiger charge is 2.26. The number of nitrogens with one attached hydrogen (secondary N) is 1. The molecule has 1 aliphatic rings. The van der Waals surface area contributed by atoms with E-state index >= 15 is 0 Å². The largest absolute Gasteiger partial charge is 0.395 e. The molecule has 1 aromatic rings. The highest BCUT2D eigenvalue weighted by molar-refractivity contribution is 9.10. The molecule has 10 heteroatoms. The Balaban J connectivity index is 2.34. The van der Waals surface area contributed by atoms with Crippen LogP contribution in [0.4, 0.5) is 10.1 Å². The number of halogens is 3. The Hall–Kier alpha value is -0.450. The van der Waals surface area contributed by atoms with Crippen molar-refractivity contribution in [3.63, 3.8) is 0 Å². The summed E-state index contributed by atoms with van der Waals surface area (Å²) in [5, 5.41) is 1.45. The lowest BCUT2D eigenvalue weighted by atomic mass is 10.3. The molecule has 6 nitrogen and oxygen atoms in total. The quantitative estimate of drug-likeness (QED) is 0.603. The molecule has 1 aliphatic heterocycles. The van der Waals surface area contributed by atoms with Gasteiger partial charge < -0.3 is 10.5 Å². The van der Waals surface area contributed by atoms with Crippen molar-refractivity contribution >= 4 is 43.2 Å². The summed E-state index contributed by atoms with van der Waals surface area (Å²) in [6.45, 7) is 1.55. The van der Waals surface area contributed by atoms with Crippen molar-refractivity contribution in [2.75, 3.05) is 32.0 Å². The van der Waals surface area contributed by atoms with E-state index in [0.717, 1.165) is 6.07 Å². The maximum Gasteiger partial charge on any atom is 0.256 e. The van der Waals surface area contributed by atoms with E-state index in [4.69, 9.17) is 22.1 Å². The van der Waals surface area contributed by atoms with Crippen LogP contribution in [-0.4, -0.2) is 39.7 Å². The van der Waals surface area contributed by atoms with E-state index in [1.807, 2.05) is 0 Å². The van der Waals surface area contributed by atoms with Gasteiger partial charge in [-0.15, -0.1) is 4.83 Å². The van der Waals surface area contributed by atoms with Gasteiger partial charge in [-0.3, -0.25) is 0 Å². The Kier molecular flexibility index (Phi) is 4.88. The molecule has 0 saturated carbocycles. The third-order valence-corrected chi connectivity index (χ3v) is 5.46. The molecule has 1 heterocycles. The molecule has 0 bridgehead atoms. The van der Waals surface area contributed by atoms with Crippen LogP contribution in [0.25, 0.3) is 0 Å². The van der Waals surface area contributed by atoms with Crippen LogP contribution < -0.4 is 10.6 Å². The molecule has 2 rings (SSSR count). The molecule has 0 atom stereocenters. The van der Waals surface area contributed by atoms with Crippen LogP contribution in [0, 0.1) is 5.82 Å². The van der Waals surface area contributed by atoms with Crippen molar-refractivity contribution < 1.29 is 17.5 Å². The third kappa shape index (κ3) is 3.23. The number of hydrazine groups is 1. The molecule has 0 amide bonds. The summed E-state index contributed by atoms with van der Waals surface area (Å²) in [5.74, 6) is -1.04. The zero-order valence-corrected chi connectivity index (χ0v) is 13.4. The first kappa shape index (κ1) is 15.9. The fourth-order valence-corrected chi connectivity index (χ4v) is 3.47. The van der Waals surface area contributed by atoms with E-state index < -0.39 is 20.7 Å². The number of nitrogens with zero attached hydrogens (tertiary/aromatic N) is 1. The molecule has 0 unspecified atom stereocenters. The first-order chi connectivity index (χ1) is 9.33. The van der Waals surface area contributed by atoms with Crippen LogP contribution >= 0.6 is 27.5 Å². The fraction of sp³-hybridized carbons (Fsp3) is 0.400. The Morgan fingerprint density at radius 3 is 2.65 bits per heavy atom. The van der Waals surface area contributed by atoms with Gasteiger partial charge in [0.2, 0.25) is 0 Å². The van der Waals surface area contributed by atoms with E-state index in [1.54, 1.807) is 0 Å². The summed E-state index contributed by atoms with van der Waals surface area (Å²) < 4.78 is 43.6. The SMILES string of the molecule is Nc1c(F)c(S(=O)(=O)NN2CCOCC2)cc(Cl)c1Br. The molecule has 0 aliphatic carbocycles. The first-order valence-electron chi connectivity index (χ1n) is 5.61. The Labute approximate surface area is 129 Å². The number of anilines is 1. The number of sulfonamides is 1. The normalized spacial score (nSPS) is 17.4. The topological polar surface area (TPSA) is 84.7 Å². The third-order valence-electron chi connectivity index (χ3n) is 2.71. The van der Waals surface area contributed by atoms with Gasteiger partial charge in [-0.1, -0.05) is 11.6 Å². The Morgan fingerprint density at radius 2 is 2.05 bits per heavy atom. The van der Waals surface area contributed by atoms with Crippen LogP contribution in [-0.2, 0) is 14.8 Å². The molecule has 1 saturated heterocycles. The zero-order chi connectivity index (χ0) is 14.9. The molecule has 112 valence electrons. The molecule has 1 aromatic carbocycles. The summed E-state index contributed by atoms with van der Waals surface area (Å²) in [4.78, 5) is 1.69. The van der Waals surface area contributed by atoms with Gasteiger partial charge in [0.25, 0.3) is 10.0 Å². The standard InChI is InChI=1S/C10H12BrClFN3O3S/c11-8-6(12)5-7(9(13)10(8)14)20(17,18)15-16-1-3-19-4-2-16/h5,15H,1-4,14H2. The minimum absolute atomic E-state index is 0.0197. The maximum atomic E-state index is 14.0. The smallest absolute Gasteiger partial charge is 0.256 e. The number of benzene rings is 1. The Morgan fingerprint density at radius 1 is 1.45 bits per heavy atom. The summed E-state index contributed by atoms with van der Waals surface area (Å²) in [6.07, 6.45) is 0. The van der Waals surface area contributed by atoms with Crippen LogP contribution in [0.5, 0.6) is 0 Å². The predicted molar refractivity (Wildman–Crippen MR) is 76.2 cm³/mol. The number of nitrogens with two attached hydrogens (primary N) is 1. The van der Waals surface area contributed by atoms with E-state index in [0.29, 0.717) is 26.3 Å². The Bertz CT molecular complexity index is 623. The van der Waals surface area contributed by atoms with E-state index in [2.05, 4.69) is 20.8 Å². The molecule has 0 spiro atoms. The second-order valence-corrected chi connectivity index (χ2v) is 6.92. The minimum atomic E-state index is -4.09. The van der Waals surface area contributed by atoms with Crippen molar-refractivity contribution in [1.29, 1.82) is 0 Å². The number of ether oxygens (including phenoxy) is 1.